The largest absolute Gasteiger partial charge is 0.465 e. The summed E-state index contributed by atoms with van der Waals surface area (Å²) in [6, 6.07) is -0.569. The summed E-state index contributed by atoms with van der Waals surface area (Å²) in [7, 11) is 0. The summed E-state index contributed by atoms with van der Waals surface area (Å²) in [5.74, 6) is 0. The van der Waals surface area contributed by atoms with Gasteiger partial charge in [0.1, 0.15) is 11.8 Å². The number of carbonyl (C=O) groups is 1. The number of aliphatic hydroxyl groups excluding tert-OH is 1. The summed E-state index contributed by atoms with van der Waals surface area (Å²) in [5, 5.41) is 18.1. The van der Waals surface area contributed by atoms with Gasteiger partial charge in [-0.2, -0.15) is 0 Å². The number of hydrogen-bond donors (Lipinski definition) is 2. The number of ether oxygens (including phenoxy) is 1. The van der Waals surface area contributed by atoms with Crippen LogP contribution in [0, 0.1) is 0 Å². The van der Waals surface area contributed by atoms with E-state index in [0.717, 1.165) is 4.90 Å². The fourth-order valence-corrected chi connectivity index (χ4v) is 1.78. The van der Waals surface area contributed by atoms with Gasteiger partial charge in [0.15, 0.2) is 0 Å². The highest BCUT2D eigenvalue weighted by Gasteiger charge is 2.48. The second-order valence-electron chi connectivity index (χ2n) is 3.67. The zero-order chi connectivity index (χ0) is 10.9. The van der Waals surface area contributed by atoms with Crippen molar-refractivity contribution in [2.75, 3.05) is 6.61 Å². The van der Waals surface area contributed by atoms with Crippen LogP contribution in [0.25, 0.3) is 0 Å². The van der Waals surface area contributed by atoms with Gasteiger partial charge in [0.2, 0.25) is 0 Å². The van der Waals surface area contributed by atoms with Gasteiger partial charge in [0.25, 0.3) is 0 Å². The Bertz CT molecular complexity index is 251. The van der Waals surface area contributed by atoms with E-state index in [0.29, 0.717) is 0 Å². The summed E-state index contributed by atoms with van der Waals surface area (Å²) >= 11 is 0. The topological polar surface area (TPSA) is 70.0 Å². The van der Waals surface area contributed by atoms with Crippen LogP contribution in [0.4, 0.5) is 4.79 Å². The molecule has 0 aromatic carbocycles. The Hall–Kier alpha value is -1.07. The van der Waals surface area contributed by atoms with Crippen molar-refractivity contribution in [1.29, 1.82) is 0 Å². The molecule has 0 bridgehead atoms. The molecule has 14 heavy (non-hydrogen) atoms. The van der Waals surface area contributed by atoms with Gasteiger partial charge in [-0.3, -0.25) is 4.90 Å². The molecule has 1 aliphatic rings. The van der Waals surface area contributed by atoms with E-state index in [-0.39, 0.29) is 6.61 Å². The summed E-state index contributed by atoms with van der Waals surface area (Å²) < 4.78 is 5.44. The van der Waals surface area contributed by atoms with Crippen molar-refractivity contribution in [3.8, 4) is 0 Å². The van der Waals surface area contributed by atoms with Gasteiger partial charge in [0.05, 0.1) is 12.6 Å². The van der Waals surface area contributed by atoms with E-state index >= 15 is 0 Å². The SMILES string of the molecule is C=CC1OC(C)(C)N(C(=O)O)C1CO. The first-order valence-electron chi connectivity index (χ1n) is 4.37. The standard InChI is InChI=1S/C9H15NO4/c1-4-7-6(5-11)10(8(12)13)9(2,3)14-7/h4,6-7,11H,1,5H2,2-3H3,(H,12,13). The lowest BCUT2D eigenvalue weighted by Crippen LogP contribution is -2.48. The van der Waals surface area contributed by atoms with E-state index in [1.54, 1.807) is 13.8 Å². The molecule has 1 heterocycles. The molecule has 0 aromatic heterocycles. The van der Waals surface area contributed by atoms with Crippen LogP contribution in [0.5, 0.6) is 0 Å². The van der Waals surface area contributed by atoms with E-state index in [9.17, 15) is 4.79 Å². The molecule has 0 aromatic rings. The smallest absolute Gasteiger partial charge is 0.410 e. The number of nitrogens with zero attached hydrogens (tertiary/aromatic N) is 1. The Balaban J connectivity index is 2.98. The Kier molecular flexibility index (Phi) is 2.82. The third kappa shape index (κ3) is 1.60. The predicted molar refractivity (Wildman–Crippen MR) is 49.9 cm³/mol. The van der Waals surface area contributed by atoms with Crippen LogP contribution in [0.2, 0.25) is 0 Å². The molecule has 5 nitrogen and oxygen atoms in total. The van der Waals surface area contributed by atoms with Crippen LogP contribution in [0.1, 0.15) is 13.8 Å². The van der Waals surface area contributed by atoms with Crippen molar-refractivity contribution >= 4 is 6.09 Å². The van der Waals surface area contributed by atoms with Gasteiger partial charge < -0.3 is 14.9 Å². The third-order valence-electron chi connectivity index (χ3n) is 2.34. The summed E-state index contributed by atoms with van der Waals surface area (Å²) in [6.45, 7) is 6.57. The van der Waals surface area contributed by atoms with Crippen LogP contribution in [-0.2, 0) is 4.74 Å². The lowest BCUT2D eigenvalue weighted by Gasteiger charge is -2.29. The number of aliphatic hydroxyl groups is 1. The van der Waals surface area contributed by atoms with Crippen molar-refractivity contribution in [3.63, 3.8) is 0 Å². The lowest BCUT2D eigenvalue weighted by molar-refractivity contribution is -0.0564. The normalized spacial score (nSPS) is 30.4. The molecular formula is C9H15NO4. The van der Waals surface area contributed by atoms with Crippen molar-refractivity contribution in [2.45, 2.75) is 31.7 Å². The molecule has 1 saturated heterocycles. The number of amides is 1. The predicted octanol–water partition coefficient (Wildman–Crippen LogP) is 0.648. The van der Waals surface area contributed by atoms with Crippen LogP contribution >= 0.6 is 0 Å². The molecule has 1 rings (SSSR count). The molecule has 0 spiro atoms. The van der Waals surface area contributed by atoms with E-state index in [2.05, 4.69) is 6.58 Å². The molecule has 0 saturated carbocycles. The molecule has 80 valence electrons. The maximum Gasteiger partial charge on any atom is 0.410 e. The van der Waals surface area contributed by atoms with Gasteiger partial charge >= 0.3 is 6.09 Å². The van der Waals surface area contributed by atoms with E-state index < -0.39 is 24.0 Å². The first-order chi connectivity index (χ1) is 6.44. The molecule has 5 heteroatoms. The quantitative estimate of drug-likeness (QED) is 0.643. The fourth-order valence-electron chi connectivity index (χ4n) is 1.78. The zero-order valence-corrected chi connectivity index (χ0v) is 8.30. The average molecular weight is 201 g/mol. The zero-order valence-electron chi connectivity index (χ0n) is 8.30. The van der Waals surface area contributed by atoms with Crippen molar-refractivity contribution in [1.82, 2.24) is 4.90 Å². The van der Waals surface area contributed by atoms with E-state index in [1.807, 2.05) is 0 Å². The molecule has 1 fully saturated rings. The van der Waals surface area contributed by atoms with Gasteiger partial charge in [-0.15, -0.1) is 6.58 Å². The van der Waals surface area contributed by atoms with E-state index in [4.69, 9.17) is 14.9 Å². The second kappa shape index (κ2) is 3.59. The van der Waals surface area contributed by atoms with E-state index in [1.165, 1.54) is 6.08 Å². The highest BCUT2D eigenvalue weighted by atomic mass is 16.6. The van der Waals surface area contributed by atoms with Gasteiger partial charge in [-0.1, -0.05) is 6.08 Å². The molecule has 0 aliphatic carbocycles. The van der Waals surface area contributed by atoms with Gasteiger partial charge in [-0.05, 0) is 13.8 Å². The van der Waals surface area contributed by atoms with Crippen LogP contribution in [0.15, 0.2) is 12.7 Å². The summed E-state index contributed by atoms with van der Waals surface area (Å²) in [4.78, 5) is 12.1. The number of rotatable bonds is 2. The van der Waals surface area contributed by atoms with Gasteiger partial charge in [0, 0.05) is 0 Å². The van der Waals surface area contributed by atoms with Crippen molar-refractivity contribution in [3.05, 3.63) is 12.7 Å². The Morgan fingerprint density at radius 2 is 2.29 bits per heavy atom. The number of hydrogen-bond acceptors (Lipinski definition) is 3. The van der Waals surface area contributed by atoms with Crippen LogP contribution in [-0.4, -0.2) is 45.7 Å². The summed E-state index contributed by atoms with van der Waals surface area (Å²) in [6.07, 6.45) is -0.0459. The second-order valence-corrected chi connectivity index (χ2v) is 3.67. The monoisotopic (exact) mass is 201 g/mol. The van der Waals surface area contributed by atoms with Crippen LogP contribution in [0.3, 0.4) is 0 Å². The maximum atomic E-state index is 10.9. The minimum Gasteiger partial charge on any atom is -0.465 e. The fraction of sp³-hybridized carbons (Fsp3) is 0.667. The first kappa shape index (κ1) is 11.0. The highest BCUT2D eigenvalue weighted by Crippen LogP contribution is 2.32. The molecule has 1 amide bonds. The minimum atomic E-state index is -1.10. The molecule has 0 radical (unpaired) electrons. The van der Waals surface area contributed by atoms with Crippen LogP contribution < -0.4 is 0 Å². The molecule has 2 atom stereocenters. The van der Waals surface area contributed by atoms with Crippen molar-refractivity contribution in [2.24, 2.45) is 0 Å². The molecule has 2 N–H and O–H groups in total. The Morgan fingerprint density at radius 3 is 2.64 bits per heavy atom. The lowest BCUT2D eigenvalue weighted by atomic mass is 10.1. The third-order valence-corrected chi connectivity index (χ3v) is 2.34. The summed E-state index contributed by atoms with van der Waals surface area (Å²) in [5.41, 5.74) is -0.919. The maximum absolute atomic E-state index is 10.9. The Labute approximate surface area is 82.6 Å². The first-order valence-corrected chi connectivity index (χ1v) is 4.37. The van der Waals surface area contributed by atoms with Crippen molar-refractivity contribution < 1.29 is 19.7 Å². The van der Waals surface area contributed by atoms with Gasteiger partial charge in [-0.25, -0.2) is 4.79 Å². The highest BCUT2D eigenvalue weighted by molar-refractivity contribution is 5.67. The minimum absolute atomic E-state index is 0.271. The average Bonchev–Trinajstić information content (AvgIpc) is 2.35. The molecule has 1 aliphatic heterocycles. The Morgan fingerprint density at radius 1 is 1.71 bits per heavy atom. The molecular weight excluding hydrogens is 186 g/mol. The molecule has 2 unspecified atom stereocenters. The number of carboxylic acid groups (broad SMARTS) is 1.